The Hall–Kier alpha value is -1.89. The van der Waals surface area contributed by atoms with Crippen molar-refractivity contribution >= 4 is 17.3 Å². The van der Waals surface area contributed by atoms with Crippen LogP contribution in [0.2, 0.25) is 0 Å². The van der Waals surface area contributed by atoms with Gasteiger partial charge in [0.15, 0.2) is 11.8 Å². The lowest BCUT2D eigenvalue weighted by atomic mass is 10.0. The van der Waals surface area contributed by atoms with Crippen molar-refractivity contribution in [2.24, 2.45) is 18.0 Å². The quantitative estimate of drug-likeness (QED) is 0.518. The molecular formula is C19H32N6S. The maximum Gasteiger partial charge on any atom is 0.192 e. The molecule has 2 aromatic rings. The number of hydrogen-bond acceptors (Lipinski definition) is 4. The first kappa shape index (κ1) is 20.4. The Morgan fingerprint density at radius 3 is 2.69 bits per heavy atom. The second kappa shape index (κ2) is 10.3. The Balaban J connectivity index is 1.95. The van der Waals surface area contributed by atoms with E-state index in [0.29, 0.717) is 12.6 Å². The monoisotopic (exact) mass is 376 g/mol. The van der Waals surface area contributed by atoms with Gasteiger partial charge in [0.05, 0.1) is 6.54 Å². The summed E-state index contributed by atoms with van der Waals surface area (Å²) in [6.07, 6.45) is 3.63. The van der Waals surface area contributed by atoms with E-state index in [1.165, 1.54) is 17.7 Å². The van der Waals surface area contributed by atoms with Crippen LogP contribution in [0.15, 0.2) is 22.5 Å². The van der Waals surface area contributed by atoms with Gasteiger partial charge in [-0.1, -0.05) is 32.8 Å². The first-order chi connectivity index (χ1) is 12.5. The van der Waals surface area contributed by atoms with E-state index in [9.17, 15) is 0 Å². The highest BCUT2D eigenvalue weighted by Crippen LogP contribution is 2.09. The summed E-state index contributed by atoms with van der Waals surface area (Å²) in [7, 11) is 1.97. The smallest absolute Gasteiger partial charge is 0.192 e. The van der Waals surface area contributed by atoms with Gasteiger partial charge in [-0.25, -0.2) is 4.99 Å². The molecule has 0 saturated carbocycles. The van der Waals surface area contributed by atoms with Gasteiger partial charge in [0.2, 0.25) is 0 Å². The topological polar surface area (TPSA) is 67.1 Å². The van der Waals surface area contributed by atoms with Crippen molar-refractivity contribution in [3.63, 3.8) is 0 Å². The van der Waals surface area contributed by atoms with Crippen molar-refractivity contribution in [2.75, 3.05) is 0 Å². The molecule has 0 aliphatic rings. The Labute approximate surface area is 161 Å². The van der Waals surface area contributed by atoms with Crippen LogP contribution < -0.4 is 10.6 Å². The summed E-state index contributed by atoms with van der Waals surface area (Å²) < 4.78 is 1.98. The van der Waals surface area contributed by atoms with Gasteiger partial charge in [-0.3, -0.25) is 0 Å². The van der Waals surface area contributed by atoms with E-state index < -0.39 is 0 Å². The van der Waals surface area contributed by atoms with Crippen LogP contribution >= 0.6 is 11.3 Å². The minimum Gasteiger partial charge on any atom is -0.354 e. The van der Waals surface area contributed by atoms with Crippen molar-refractivity contribution in [2.45, 2.75) is 66.1 Å². The summed E-state index contributed by atoms with van der Waals surface area (Å²) in [4.78, 5) is 6.02. The molecule has 0 aromatic carbocycles. The summed E-state index contributed by atoms with van der Waals surface area (Å²) in [6, 6.07) is 4.58. The molecule has 1 atom stereocenters. The largest absolute Gasteiger partial charge is 0.354 e. The molecule has 6 nitrogen and oxygen atoms in total. The van der Waals surface area contributed by atoms with E-state index in [4.69, 9.17) is 4.99 Å². The van der Waals surface area contributed by atoms with Crippen molar-refractivity contribution in [1.82, 2.24) is 25.4 Å². The second-order valence-electron chi connectivity index (χ2n) is 7.19. The second-order valence-corrected chi connectivity index (χ2v) is 8.22. The van der Waals surface area contributed by atoms with Crippen molar-refractivity contribution < 1.29 is 0 Å². The number of hydrogen-bond donors (Lipinski definition) is 2. The Bertz CT molecular complexity index is 674. The average Bonchev–Trinajstić information content (AvgIpc) is 3.21. The lowest BCUT2D eigenvalue weighted by molar-refractivity contribution is 0.491. The van der Waals surface area contributed by atoms with Crippen LogP contribution in [-0.2, 0) is 20.1 Å². The molecule has 2 heterocycles. The SMILES string of the molecule is Cc1nnc(CN=C(NCc2cccs2)NC(C)CCCC(C)C)n1C. The molecule has 0 amide bonds. The molecule has 7 heteroatoms. The summed E-state index contributed by atoms with van der Waals surface area (Å²) in [5, 5.41) is 17.4. The zero-order chi connectivity index (χ0) is 18.9. The first-order valence-corrected chi connectivity index (χ1v) is 10.3. The maximum atomic E-state index is 4.73. The average molecular weight is 377 g/mol. The molecule has 2 aromatic heterocycles. The van der Waals surface area contributed by atoms with Crippen LogP contribution in [0.5, 0.6) is 0 Å². The van der Waals surface area contributed by atoms with Crippen LogP contribution in [0.3, 0.4) is 0 Å². The molecule has 0 bridgehead atoms. The molecule has 0 spiro atoms. The molecule has 0 aliphatic carbocycles. The van der Waals surface area contributed by atoms with E-state index >= 15 is 0 Å². The third-order valence-electron chi connectivity index (χ3n) is 4.37. The summed E-state index contributed by atoms with van der Waals surface area (Å²) in [5.41, 5.74) is 0. The minimum absolute atomic E-state index is 0.379. The first-order valence-electron chi connectivity index (χ1n) is 9.37. The van der Waals surface area contributed by atoms with Gasteiger partial charge < -0.3 is 15.2 Å². The summed E-state index contributed by atoms with van der Waals surface area (Å²) in [6.45, 7) is 10.0. The molecule has 0 aliphatic heterocycles. The van der Waals surface area contributed by atoms with Gasteiger partial charge >= 0.3 is 0 Å². The van der Waals surface area contributed by atoms with Crippen LogP contribution in [0, 0.1) is 12.8 Å². The zero-order valence-corrected chi connectivity index (χ0v) is 17.4. The highest BCUT2D eigenvalue weighted by atomic mass is 32.1. The molecule has 26 heavy (non-hydrogen) atoms. The van der Waals surface area contributed by atoms with Gasteiger partial charge in [0, 0.05) is 18.0 Å². The number of rotatable bonds is 9. The third-order valence-corrected chi connectivity index (χ3v) is 5.25. The third kappa shape index (κ3) is 6.78. The molecule has 0 radical (unpaired) electrons. The Kier molecular flexibility index (Phi) is 8.09. The standard InChI is InChI=1S/C19H32N6S/c1-14(2)8-6-9-15(3)22-19(20-12-17-10-7-11-26-17)21-13-18-24-23-16(4)25(18)5/h7,10-11,14-15H,6,8-9,12-13H2,1-5H3,(H2,20,21,22). The molecule has 0 saturated heterocycles. The predicted octanol–water partition coefficient (Wildman–Crippen LogP) is 3.64. The fourth-order valence-corrected chi connectivity index (χ4v) is 3.26. The Morgan fingerprint density at radius 2 is 2.08 bits per heavy atom. The number of aryl methyl sites for hydroxylation is 1. The lowest BCUT2D eigenvalue weighted by Gasteiger charge is -2.18. The summed E-state index contributed by atoms with van der Waals surface area (Å²) in [5.74, 6) is 3.35. The van der Waals surface area contributed by atoms with Crippen molar-refractivity contribution in [1.29, 1.82) is 0 Å². The highest BCUT2D eigenvalue weighted by molar-refractivity contribution is 7.09. The highest BCUT2D eigenvalue weighted by Gasteiger charge is 2.09. The van der Waals surface area contributed by atoms with Crippen molar-refractivity contribution in [3.05, 3.63) is 34.0 Å². The van der Waals surface area contributed by atoms with E-state index in [-0.39, 0.29) is 0 Å². The fourth-order valence-electron chi connectivity index (χ4n) is 2.61. The predicted molar refractivity (Wildman–Crippen MR) is 109 cm³/mol. The van der Waals surface area contributed by atoms with E-state index in [0.717, 1.165) is 36.5 Å². The molecule has 0 fully saturated rings. The molecule has 2 N–H and O–H groups in total. The van der Waals surface area contributed by atoms with Gasteiger partial charge in [-0.15, -0.1) is 21.5 Å². The van der Waals surface area contributed by atoms with Gasteiger partial charge in [0.25, 0.3) is 0 Å². The van der Waals surface area contributed by atoms with Gasteiger partial charge in [-0.2, -0.15) is 0 Å². The van der Waals surface area contributed by atoms with Gasteiger partial charge in [0.1, 0.15) is 12.4 Å². The van der Waals surface area contributed by atoms with E-state index in [1.807, 2.05) is 18.5 Å². The van der Waals surface area contributed by atoms with Crippen LogP contribution in [0.25, 0.3) is 0 Å². The van der Waals surface area contributed by atoms with E-state index in [1.54, 1.807) is 11.3 Å². The number of thiophene rings is 1. The molecule has 2 rings (SSSR count). The minimum atomic E-state index is 0.379. The van der Waals surface area contributed by atoms with Crippen molar-refractivity contribution in [3.8, 4) is 0 Å². The molecule has 144 valence electrons. The number of aliphatic imine (C=N–C) groups is 1. The van der Waals surface area contributed by atoms with Crippen LogP contribution in [-0.4, -0.2) is 26.8 Å². The maximum absolute atomic E-state index is 4.73. The number of guanidine groups is 1. The molecule has 1 unspecified atom stereocenters. The Morgan fingerprint density at radius 1 is 1.27 bits per heavy atom. The van der Waals surface area contributed by atoms with Crippen LogP contribution in [0.4, 0.5) is 0 Å². The number of aromatic nitrogens is 3. The molecular weight excluding hydrogens is 344 g/mol. The normalized spacial score (nSPS) is 13.2. The van der Waals surface area contributed by atoms with E-state index in [2.05, 4.69) is 59.1 Å². The van der Waals surface area contributed by atoms with Gasteiger partial charge in [-0.05, 0) is 37.6 Å². The number of nitrogens with zero attached hydrogens (tertiary/aromatic N) is 4. The lowest BCUT2D eigenvalue weighted by Crippen LogP contribution is -2.42. The van der Waals surface area contributed by atoms with Crippen LogP contribution in [0.1, 0.15) is 56.6 Å². The number of nitrogens with one attached hydrogen (secondary N) is 2. The zero-order valence-electron chi connectivity index (χ0n) is 16.6. The fraction of sp³-hybridized carbons (Fsp3) is 0.632. The summed E-state index contributed by atoms with van der Waals surface area (Å²) >= 11 is 1.75.